The van der Waals surface area contributed by atoms with Crippen LogP contribution in [0.25, 0.3) is 84.0 Å². The molecule has 0 atom stereocenters. The standard InChI is InChI=1S/C65H52N7.Pt/c1-41-19-15-20-42(2)59(41)52-28-18-29-53(60-43(3)21-16-22-44(60)4)61(52)71-40-70(55-31-13-14-32-56(55)71)49-26-17-25-46(37-49)63-67-62(45-23-9-8-10-24-45)68-64(69-63)47-33-34-51-50-27-11-12-30-54(50)72(57(51)38-47)58-39-48(35-36-66-58)65(5,6)7;/h8-36,39-40H,1-7H3;/q-3;. The van der Waals surface area contributed by atoms with E-state index in [0.29, 0.717) is 17.5 Å². The number of nitrogens with zero attached hydrogens (tertiary/aromatic N) is 7. The zero-order valence-electron chi connectivity index (χ0n) is 41.8. The zero-order valence-corrected chi connectivity index (χ0v) is 44.1. The summed E-state index contributed by atoms with van der Waals surface area (Å²) >= 11 is 0. The molecule has 11 aromatic rings. The molecule has 1 aliphatic rings. The van der Waals surface area contributed by atoms with Crippen LogP contribution in [0.5, 0.6) is 0 Å². The number of rotatable bonds is 8. The Morgan fingerprint density at radius 1 is 0.493 bits per heavy atom. The molecule has 4 heterocycles. The number of anilines is 4. The summed E-state index contributed by atoms with van der Waals surface area (Å²) in [5.41, 5.74) is 19.3. The summed E-state index contributed by atoms with van der Waals surface area (Å²) in [6, 6.07) is 69.4. The maximum absolute atomic E-state index is 5.26. The van der Waals surface area contributed by atoms with E-state index >= 15 is 0 Å². The maximum atomic E-state index is 5.26. The molecular formula is C65H52N7Pt-3. The third-order valence-electron chi connectivity index (χ3n) is 14.0. The Morgan fingerprint density at radius 3 is 1.71 bits per heavy atom. The van der Waals surface area contributed by atoms with E-state index in [9.17, 15) is 0 Å². The molecule has 0 saturated carbocycles. The van der Waals surface area contributed by atoms with E-state index in [2.05, 4.69) is 221 Å². The number of pyridine rings is 1. The Morgan fingerprint density at radius 2 is 1.05 bits per heavy atom. The average Bonchev–Trinajstić information content (AvgIpc) is 3.95. The average molecular weight is 1130 g/mol. The largest absolute Gasteiger partial charge is 0.488 e. The fourth-order valence-corrected chi connectivity index (χ4v) is 10.5. The van der Waals surface area contributed by atoms with E-state index in [-0.39, 0.29) is 26.5 Å². The second-order valence-electron chi connectivity index (χ2n) is 19.8. The summed E-state index contributed by atoms with van der Waals surface area (Å²) in [7, 11) is 0. The Balaban J connectivity index is 0.00000574. The molecule has 0 unspecified atom stereocenters. The molecule has 0 fully saturated rings. The minimum absolute atomic E-state index is 0. The van der Waals surface area contributed by atoms with Crippen molar-refractivity contribution >= 4 is 44.6 Å². The molecule has 73 heavy (non-hydrogen) atoms. The van der Waals surface area contributed by atoms with Crippen LogP contribution in [-0.2, 0) is 26.5 Å². The van der Waals surface area contributed by atoms with Crippen molar-refractivity contribution < 1.29 is 21.1 Å². The van der Waals surface area contributed by atoms with Gasteiger partial charge in [0.15, 0.2) is 0 Å². The van der Waals surface area contributed by atoms with E-state index in [1.807, 2.05) is 42.6 Å². The monoisotopic (exact) mass is 1130 g/mol. The Hall–Kier alpha value is -7.99. The van der Waals surface area contributed by atoms with Crippen LogP contribution < -0.4 is 9.80 Å². The molecule has 0 spiro atoms. The van der Waals surface area contributed by atoms with Crippen molar-refractivity contribution in [3.05, 3.63) is 229 Å². The summed E-state index contributed by atoms with van der Waals surface area (Å²) in [6.45, 7) is 17.7. The van der Waals surface area contributed by atoms with Crippen LogP contribution in [-0.4, -0.2) is 24.5 Å². The van der Waals surface area contributed by atoms with Crippen LogP contribution in [0.4, 0.5) is 22.7 Å². The van der Waals surface area contributed by atoms with Crippen molar-refractivity contribution in [1.82, 2.24) is 24.5 Å². The molecule has 0 radical (unpaired) electrons. The van der Waals surface area contributed by atoms with Gasteiger partial charge in [0.05, 0.1) is 11.6 Å². The van der Waals surface area contributed by atoms with E-state index < -0.39 is 0 Å². The molecule has 0 aliphatic carbocycles. The summed E-state index contributed by atoms with van der Waals surface area (Å²) in [5.74, 6) is 2.42. The van der Waals surface area contributed by atoms with Gasteiger partial charge in [0.1, 0.15) is 11.6 Å². The number of para-hydroxylation sites is 4. The molecule has 0 amide bonds. The van der Waals surface area contributed by atoms with Gasteiger partial charge in [-0.05, 0) is 113 Å². The number of benzene rings is 8. The molecule has 3 aromatic heterocycles. The fraction of sp³-hybridized carbons (Fsp3) is 0.123. The Bertz CT molecular complexity index is 3800. The summed E-state index contributed by atoms with van der Waals surface area (Å²) in [4.78, 5) is 25.1. The number of hydrogen-bond acceptors (Lipinski definition) is 6. The van der Waals surface area contributed by atoms with Crippen molar-refractivity contribution in [1.29, 1.82) is 0 Å². The van der Waals surface area contributed by atoms with Gasteiger partial charge < -0.3 is 19.4 Å². The van der Waals surface area contributed by atoms with E-state index in [0.717, 1.165) is 67.1 Å². The first kappa shape index (κ1) is 47.3. The van der Waals surface area contributed by atoms with Crippen LogP contribution in [0.2, 0.25) is 0 Å². The fourth-order valence-electron chi connectivity index (χ4n) is 10.5. The summed E-state index contributed by atoms with van der Waals surface area (Å²) in [6.07, 6.45) is 1.90. The van der Waals surface area contributed by atoms with Crippen LogP contribution in [0.3, 0.4) is 0 Å². The molecular weight excluding hydrogens is 1070 g/mol. The van der Waals surface area contributed by atoms with Crippen molar-refractivity contribution in [3.8, 4) is 62.2 Å². The molecule has 1 aliphatic heterocycles. The number of hydrogen-bond donors (Lipinski definition) is 0. The van der Waals surface area contributed by atoms with Crippen LogP contribution in [0.1, 0.15) is 48.6 Å². The van der Waals surface area contributed by atoms with E-state index in [4.69, 9.17) is 19.9 Å². The molecule has 12 rings (SSSR count). The zero-order chi connectivity index (χ0) is 49.3. The van der Waals surface area contributed by atoms with Crippen molar-refractivity contribution in [2.45, 2.75) is 53.9 Å². The minimum Gasteiger partial charge on any atom is -0.488 e. The van der Waals surface area contributed by atoms with Gasteiger partial charge in [-0.3, -0.25) is 9.97 Å². The van der Waals surface area contributed by atoms with Gasteiger partial charge in [-0.15, -0.1) is 60.3 Å². The first-order chi connectivity index (χ1) is 35.0. The second-order valence-corrected chi connectivity index (χ2v) is 19.8. The summed E-state index contributed by atoms with van der Waals surface area (Å²) < 4.78 is 2.21. The topological polar surface area (TPSA) is 63.0 Å². The third kappa shape index (κ3) is 8.42. The second kappa shape index (κ2) is 18.9. The first-order valence-electron chi connectivity index (χ1n) is 24.6. The molecule has 8 aromatic carbocycles. The van der Waals surface area contributed by atoms with Gasteiger partial charge in [-0.2, -0.15) is 0 Å². The molecule has 360 valence electrons. The molecule has 0 bridgehead atoms. The van der Waals surface area contributed by atoms with E-state index in [1.165, 1.54) is 50.1 Å². The van der Waals surface area contributed by atoms with Gasteiger partial charge in [-0.1, -0.05) is 147 Å². The third-order valence-corrected chi connectivity index (χ3v) is 14.0. The van der Waals surface area contributed by atoms with E-state index in [1.54, 1.807) is 0 Å². The predicted octanol–water partition coefficient (Wildman–Crippen LogP) is 16.2. The predicted molar refractivity (Wildman–Crippen MR) is 296 cm³/mol. The quantitative estimate of drug-likeness (QED) is 0.141. The van der Waals surface area contributed by atoms with Crippen LogP contribution >= 0.6 is 0 Å². The van der Waals surface area contributed by atoms with Gasteiger partial charge in [0.2, 0.25) is 0 Å². The van der Waals surface area contributed by atoms with Crippen LogP contribution in [0, 0.1) is 46.5 Å². The molecule has 0 N–H and O–H groups in total. The van der Waals surface area contributed by atoms with Crippen molar-refractivity contribution in [2.75, 3.05) is 9.80 Å². The molecule has 0 saturated heterocycles. The minimum atomic E-state index is -0.0547. The van der Waals surface area contributed by atoms with Gasteiger partial charge in [-0.25, -0.2) is 4.98 Å². The molecule has 7 nitrogen and oxygen atoms in total. The maximum Gasteiger partial charge on any atom is 0.144 e. The van der Waals surface area contributed by atoms with Crippen molar-refractivity contribution in [3.63, 3.8) is 0 Å². The number of aromatic nitrogens is 5. The van der Waals surface area contributed by atoms with Crippen molar-refractivity contribution in [2.24, 2.45) is 0 Å². The number of fused-ring (bicyclic) bond motifs is 4. The van der Waals surface area contributed by atoms with Crippen LogP contribution in [0.15, 0.2) is 182 Å². The smallest absolute Gasteiger partial charge is 0.144 e. The van der Waals surface area contributed by atoms with Gasteiger partial charge >= 0.3 is 0 Å². The van der Waals surface area contributed by atoms with Gasteiger partial charge in [0, 0.05) is 66.5 Å². The van der Waals surface area contributed by atoms with Gasteiger partial charge in [0.25, 0.3) is 0 Å². The Kier molecular flexibility index (Phi) is 12.2. The summed E-state index contributed by atoms with van der Waals surface area (Å²) in [5, 5.41) is 2.20. The molecule has 8 heteroatoms. The SMILES string of the molecule is Cc1cccc(C)c1-c1cccc(-c2c(C)cccc2C)c1N1[CH-]N(c2[c-]c(-c3nc(-c4[c-]c5c(cc4)c4ccccc4n5-c4cc(C(C)(C)C)ccn4)nc(-c4ccccc4)n3)ccc2)c2ccccc21.[Pt]. The normalized spacial score (nSPS) is 12.4. The number of aryl methyl sites for hydroxylation is 4. The first-order valence-corrected chi connectivity index (χ1v) is 24.6. The Labute approximate surface area is 442 Å².